The fourth-order valence-corrected chi connectivity index (χ4v) is 1.22. The van der Waals surface area contributed by atoms with Gasteiger partial charge in [-0.3, -0.25) is 4.79 Å². The molecule has 3 N–H and O–H groups in total. The van der Waals surface area contributed by atoms with E-state index in [2.05, 4.69) is 20.3 Å². The summed E-state index contributed by atoms with van der Waals surface area (Å²) >= 11 is 0. The molecule has 0 saturated heterocycles. The average Bonchev–Trinajstić information content (AvgIpc) is 2.80. The third-order valence-corrected chi connectivity index (χ3v) is 1.97. The molecular formula is C10H8F2N4O3. The van der Waals surface area contributed by atoms with Crippen LogP contribution < -0.4 is 15.8 Å². The fraction of sp³-hybridized carbons (Fsp3) is 0.100. The lowest BCUT2D eigenvalue weighted by molar-refractivity contribution is -0.0498. The molecule has 0 radical (unpaired) electrons. The zero-order chi connectivity index (χ0) is 13.8. The van der Waals surface area contributed by atoms with Crippen molar-refractivity contribution in [1.29, 1.82) is 0 Å². The molecule has 0 spiro atoms. The van der Waals surface area contributed by atoms with Crippen LogP contribution in [0.3, 0.4) is 0 Å². The van der Waals surface area contributed by atoms with Crippen molar-refractivity contribution in [2.24, 2.45) is 5.73 Å². The maximum atomic E-state index is 11.9. The first-order valence-corrected chi connectivity index (χ1v) is 5.00. The number of ether oxygens (including phenoxy) is 1. The van der Waals surface area contributed by atoms with E-state index in [-0.39, 0.29) is 17.7 Å². The first kappa shape index (κ1) is 12.7. The van der Waals surface area contributed by atoms with Crippen molar-refractivity contribution in [3.05, 3.63) is 30.2 Å². The van der Waals surface area contributed by atoms with E-state index in [1.165, 1.54) is 24.3 Å². The van der Waals surface area contributed by atoms with Gasteiger partial charge in [-0.25, -0.2) is 0 Å². The zero-order valence-corrected chi connectivity index (χ0v) is 9.34. The van der Waals surface area contributed by atoms with Gasteiger partial charge in [-0.15, -0.1) is 5.10 Å². The standard InChI is InChI=1S/C10H8F2N4O3/c11-9(12)18-6-3-1-5(2-4-6)14-10-16-15-8(19-10)7(13)17/h1-4,9H,(H2,13,17)(H,14,16). The predicted molar refractivity (Wildman–Crippen MR) is 59.2 cm³/mol. The molecule has 0 aliphatic heterocycles. The molecule has 9 heteroatoms. The van der Waals surface area contributed by atoms with E-state index in [1.807, 2.05) is 0 Å². The van der Waals surface area contributed by atoms with Gasteiger partial charge in [0.15, 0.2) is 0 Å². The third kappa shape index (κ3) is 3.37. The number of benzene rings is 1. The van der Waals surface area contributed by atoms with Crippen LogP contribution in [0.4, 0.5) is 20.5 Å². The van der Waals surface area contributed by atoms with Crippen molar-refractivity contribution in [2.75, 3.05) is 5.32 Å². The van der Waals surface area contributed by atoms with E-state index in [0.29, 0.717) is 5.69 Å². The Morgan fingerprint density at radius 3 is 2.53 bits per heavy atom. The number of nitrogens with zero attached hydrogens (tertiary/aromatic N) is 2. The summed E-state index contributed by atoms with van der Waals surface area (Å²) in [6.45, 7) is -2.88. The molecule has 1 amide bonds. The van der Waals surface area contributed by atoms with Crippen LogP contribution in [0.2, 0.25) is 0 Å². The summed E-state index contributed by atoms with van der Waals surface area (Å²) in [6.07, 6.45) is 0. The second-order valence-corrected chi connectivity index (χ2v) is 3.30. The van der Waals surface area contributed by atoms with E-state index in [9.17, 15) is 13.6 Å². The molecule has 1 heterocycles. The maximum absolute atomic E-state index is 11.9. The van der Waals surface area contributed by atoms with Gasteiger partial charge >= 0.3 is 24.4 Å². The van der Waals surface area contributed by atoms with Gasteiger partial charge in [0.2, 0.25) is 0 Å². The molecule has 7 nitrogen and oxygen atoms in total. The normalized spacial score (nSPS) is 10.5. The van der Waals surface area contributed by atoms with Gasteiger partial charge < -0.3 is 20.2 Å². The van der Waals surface area contributed by atoms with E-state index in [1.54, 1.807) is 0 Å². The minimum Gasteiger partial charge on any atom is -0.435 e. The summed E-state index contributed by atoms with van der Waals surface area (Å²) in [6, 6.07) is 5.55. The molecule has 0 atom stereocenters. The first-order valence-electron chi connectivity index (χ1n) is 5.00. The molecule has 0 fully saturated rings. The van der Waals surface area contributed by atoms with Crippen LogP contribution in [-0.4, -0.2) is 22.7 Å². The topological polar surface area (TPSA) is 103 Å². The van der Waals surface area contributed by atoms with Crippen molar-refractivity contribution >= 4 is 17.6 Å². The Hall–Kier alpha value is -2.71. The highest BCUT2D eigenvalue weighted by molar-refractivity contribution is 5.87. The van der Waals surface area contributed by atoms with Gasteiger partial charge in [-0.1, -0.05) is 5.10 Å². The zero-order valence-electron chi connectivity index (χ0n) is 9.34. The summed E-state index contributed by atoms with van der Waals surface area (Å²) in [5, 5.41) is 9.58. The maximum Gasteiger partial charge on any atom is 0.387 e. The number of nitrogens with one attached hydrogen (secondary N) is 1. The SMILES string of the molecule is NC(=O)c1nnc(Nc2ccc(OC(F)F)cc2)o1. The van der Waals surface area contributed by atoms with Gasteiger partial charge in [-0.05, 0) is 24.3 Å². The van der Waals surface area contributed by atoms with Gasteiger partial charge in [0, 0.05) is 5.69 Å². The number of primary amides is 1. The Bertz CT molecular complexity index is 570. The highest BCUT2D eigenvalue weighted by atomic mass is 19.3. The summed E-state index contributed by atoms with van der Waals surface area (Å²) in [4.78, 5) is 10.7. The van der Waals surface area contributed by atoms with Gasteiger partial charge in [0.1, 0.15) is 5.75 Å². The van der Waals surface area contributed by atoms with E-state index < -0.39 is 12.5 Å². The van der Waals surface area contributed by atoms with Crippen molar-refractivity contribution in [1.82, 2.24) is 10.2 Å². The number of hydrogen-bond acceptors (Lipinski definition) is 6. The smallest absolute Gasteiger partial charge is 0.387 e. The van der Waals surface area contributed by atoms with Crippen molar-refractivity contribution in [3.8, 4) is 5.75 Å². The number of carbonyl (C=O) groups excluding carboxylic acids is 1. The summed E-state index contributed by atoms with van der Waals surface area (Å²) in [5.74, 6) is -1.16. The van der Waals surface area contributed by atoms with Crippen LogP contribution in [0.1, 0.15) is 10.7 Å². The predicted octanol–water partition coefficient (Wildman–Crippen LogP) is 1.51. The Morgan fingerprint density at radius 1 is 1.32 bits per heavy atom. The number of nitrogens with two attached hydrogens (primary N) is 1. The molecule has 0 aliphatic rings. The number of carbonyl (C=O) groups is 1. The Balaban J connectivity index is 2.04. The quantitative estimate of drug-likeness (QED) is 0.853. The minimum atomic E-state index is -2.88. The minimum absolute atomic E-state index is 0.0175. The molecule has 0 unspecified atom stereocenters. The van der Waals surface area contributed by atoms with Crippen molar-refractivity contribution < 1.29 is 22.7 Å². The van der Waals surface area contributed by atoms with Gasteiger partial charge in [-0.2, -0.15) is 8.78 Å². The largest absolute Gasteiger partial charge is 0.435 e. The molecule has 0 aliphatic carbocycles. The first-order chi connectivity index (χ1) is 9.04. The molecule has 2 aromatic rings. The Morgan fingerprint density at radius 2 is 2.00 bits per heavy atom. The molecule has 1 aromatic heterocycles. The van der Waals surface area contributed by atoms with E-state index >= 15 is 0 Å². The molecule has 19 heavy (non-hydrogen) atoms. The van der Waals surface area contributed by atoms with Crippen molar-refractivity contribution in [3.63, 3.8) is 0 Å². The van der Waals surface area contributed by atoms with E-state index in [0.717, 1.165) is 0 Å². The third-order valence-electron chi connectivity index (χ3n) is 1.97. The lowest BCUT2D eigenvalue weighted by Crippen LogP contribution is -2.10. The molecule has 2 rings (SSSR count). The van der Waals surface area contributed by atoms with Crippen LogP contribution in [0.25, 0.3) is 0 Å². The fourth-order valence-electron chi connectivity index (χ4n) is 1.22. The monoisotopic (exact) mass is 270 g/mol. The molecule has 100 valence electrons. The molecule has 0 saturated carbocycles. The highest BCUT2D eigenvalue weighted by Crippen LogP contribution is 2.20. The number of rotatable bonds is 5. The number of alkyl halides is 2. The lowest BCUT2D eigenvalue weighted by Gasteiger charge is -2.05. The van der Waals surface area contributed by atoms with Crippen LogP contribution in [-0.2, 0) is 0 Å². The second-order valence-electron chi connectivity index (χ2n) is 3.30. The number of halogens is 2. The molecular weight excluding hydrogens is 262 g/mol. The number of aromatic nitrogens is 2. The number of amides is 1. The highest BCUT2D eigenvalue weighted by Gasteiger charge is 2.11. The number of anilines is 2. The van der Waals surface area contributed by atoms with E-state index in [4.69, 9.17) is 10.2 Å². The molecule has 0 bridgehead atoms. The summed E-state index contributed by atoms with van der Waals surface area (Å²) < 4.78 is 32.9. The van der Waals surface area contributed by atoms with Gasteiger partial charge in [0.05, 0.1) is 0 Å². The van der Waals surface area contributed by atoms with Crippen LogP contribution in [0.15, 0.2) is 28.7 Å². The van der Waals surface area contributed by atoms with Crippen LogP contribution in [0, 0.1) is 0 Å². The second kappa shape index (κ2) is 5.29. The Labute approximate surface area is 105 Å². The summed E-state index contributed by atoms with van der Waals surface area (Å²) in [5.41, 5.74) is 5.42. The molecule has 1 aromatic carbocycles. The lowest BCUT2D eigenvalue weighted by atomic mass is 10.3. The Kier molecular flexibility index (Phi) is 3.55. The van der Waals surface area contributed by atoms with Crippen LogP contribution in [0.5, 0.6) is 5.75 Å². The average molecular weight is 270 g/mol. The van der Waals surface area contributed by atoms with Gasteiger partial charge in [0.25, 0.3) is 0 Å². The summed E-state index contributed by atoms with van der Waals surface area (Å²) in [7, 11) is 0. The van der Waals surface area contributed by atoms with Crippen LogP contribution >= 0.6 is 0 Å². The van der Waals surface area contributed by atoms with Crippen molar-refractivity contribution in [2.45, 2.75) is 6.61 Å². The number of hydrogen-bond donors (Lipinski definition) is 2.